The van der Waals surface area contributed by atoms with Gasteiger partial charge in [0.25, 0.3) is 0 Å². The highest BCUT2D eigenvalue weighted by Crippen LogP contribution is 2.26. The number of hydrogen-bond acceptors (Lipinski definition) is 2. The summed E-state index contributed by atoms with van der Waals surface area (Å²) in [6, 6.07) is 8.38. The van der Waals surface area contributed by atoms with Gasteiger partial charge in [0, 0.05) is 6.54 Å². The molecule has 1 heterocycles. The van der Waals surface area contributed by atoms with Crippen molar-refractivity contribution < 1.29 is 4.79 Å². The number of carbonyl (C=O) groups is 1. The second-order valence-corrected chi connectivity index (χ2v) is 5.59. The molecule has 0 radical (unpaired) electrons. The van der Waals surface area contributed by atoms with Crippen LogP contribution in [0.4, 0.5) is 0 Å². The number of rotatable bonds is 3. The van der Waals surface area contributed by atoms with Crippen LogP contribution in [0.3, 0.4) is 0 Å². The summed E-state index contributed by atoms with van der Waals surface area (Å²) in [6.07, 6.45) is 0.916. The lowest BCUT2D eigenvalue weighted by atomic mass is 9.88. The van der Waals surface area contributed by atoms with E-state index in [1.54, 1.807) is 0 Å². The highest BCUT2D eigenvalue weighted by molar-refractivity contribution is 5.83. The summed E-state index contributed by atoms with van der Waals surface area (Å²) in [5, 5.41) is 6.37. The van der Waals surface area contributed by atoms with E-state index in [0.29, 0.717) is 0 Å². The number of nitrogens with one attached hydrogen (secondary N) is 2. The molecule has 2 unspecified atom stereocenters. The van der Waals surface area contributed by atoms with Gasteiger partial charge >= 0.3 is 0 Å². The number of aryl methyl sites for hydroxylation is 1. The van der Waals surface area contributed by atoms with E-state index in [2.05, 4.69) is 41.8 Å². The van der Waals surface area contributed by atoms with Gasteiger partial charge in [0.15, 0.2) is 0 Å². The number of hydrogen-bond donors (Lipinski definition) is 2. The highest BCUT2D eigenvalue weighted by Gasteiger charge is 2.36. The Bertz CT molecular complexity index is 419. The van der Waals surface area contributed by atoms with Gasteiger partial charge in [0.05, 0.1) is 11.5 Å². The van der Waals surface area contributed by atoms with Crippen molar-refractivity contribution in [2.75, 3.05) is 13.1 Å². The largest absolute Gasteiger partial charge is 0.349 e. The minimum absolute atomic E-state index is 0.0653. The Morgan fingerprint density at radius 3 is 2.61 bits per heavy atom. The number of amides is 1. The van der Waals surface area contributed by atoms with Gasteiger partial charge in [-0.25, -0.2) is 0 Å². The smallest absolute Gasteiger partial charge is 0.227 e. The van der Waals surface area contributed by atoms with Gasteiger partial charge in [0.2, 0.25) is 5.91 Å². The zero-order valence-electron chi connectivity index (χ0n) is 11.4. The van der Waals surface area contributed by atoms with Gasteiger partial charge in [0.1, 0.15) is 0 Å². The Morgan fingerprint density at radius 2 is 2.06 bits per heavy atom. The molecule has 0 aliphatic carbocycles. The highest BCUT2D eigenvalue weighted by atomic mass is 16.2. The lowest BCUT2D eigenvalue weighted by Crippen LogP contribution is -2.41. The molecule has 1 fully saturated rings. The molecule has 0 aromatic heterocycles. The Kier molecular flexibility index (Phi) is 3.71. The second-order valence-electron chi connectivity index (χ2n) is 5.59. The maximum absolute atomic E-state index is 12.3. The summed E-state index contributed by atoms with van der Waals surface area (Å²) >= 11 is 0. The van der Waals surface area contributed by atoms with Crippen LogP contribution in [0.15, 0.2) is 24.3 Å². The van der Waals surface area contributed by atoms with Crippen molar-refractivity contribution >= 4 is 5.91 Å². The molecule has 1 saturated heterocycles. The van der Waals surface area contributed by atoms with Crippen LogP contribution < -0.4 is 10.6 Å². The molecular weight excluding hydrogens is 224 g/mol. The van der Waals surface area contributed by atoms with Crippen molar-refractivity contribution in [1.29, 1.82) is 0 Å². The molecule has 98 valence electrons. The standard InChI is InChI=1S/C15H22N2O/c1-11-4-6-13(7-5-11)12(2)17-14(18)15(3)8-9-16-10-15/h4-7,12,16H,8-10H2,1-3H3,(H,17,18). The van der Waals surface area contributed by atoms with Crippen LogP contribution in [0.5, 0.6) is 0 Å². The first-order chi connectivity index (χ1) is 8.51. The Hall–Kier alpha value is -1.35. The van der Waals surface area contributed by atoms with Gasteiger partial charge in [-0.2, -0.15) is 0 Å². The summed E-state index contributed by atoms with van der Waals surface area (Å²) in [5.74, 6) is 0.153. The topological polar surface area (TPSA) is 41.1 Å². The van der Waals surface area contributed by atoms with Crippen molar-refractivity contribution in [3.05, 3.63) is 35.4 Å². The normalized spacial score (nSPS) is 24.8. The molecule has 1 aliphatic rings. The first kappa shape index (κ1) is 13.1. The third-order valence-electron chi connectivity index (χ3n) is 3.84. The SMILES string of the molecule is Cc1ccc(C(C)NC(=O)C2(C)CCNC2)cc1. The van der Waals surface area contributed by atoms with Crippen LogP contribution >= 0.6 is 0 Å². The van der Waals surface area contributed by atoms with Crippen molar-refractivity contribution in [3.63, 3.8) is 0 Å². The van der Waals surface area contributed by atoms with E-state index < -0.39 is 0 Å². The quantitative estimate of drug-likeness (QED) is 0.858. The van der Waals surface area contributed by atoms with Crippen LogP contribution in [-0.2, 0) is 4.79 Å². The van der Waals surface area contributed by atoms with Gasteiger partial charge in [-0.15, -0.1) is 0 Å². The molecule has 2 N–H and O–H groups in total. The third kappa shape index (κ3) is 2.72. The van der Waals surface area contributed by atoms with Crippen LogP contribution in [-0.4, -0.2) is 19.0 Å². The third-order valence-corrected chi connectivity index (χ3v) is 3.84. The van der Waals surface area contributed by atoms with E-state index in [0.717, 1.165) is 25.1 Å². The summed E-state index contributed by atoms with van der Waals surface area (Å²) in [7, 11) is 0. The molecule has 0 spiro atoms. The van der Waals surface area contributed by atoms with Crippen molar-refractivity contribution in [3.8, 4) is 0 Å². The van der Waals surface area contributed by atoms with E-state index in [1.165, 1.54) is 5.56 Å². The van der Waals surface area contributed by atoms with E-state index >= 15 is 0 Å². The summed E-state index contributed by atoms with van der Waals surface area (Å²) in [4.78, 5) is 12.3. The Labute approximate surface area is 109 Å². The lowest BCUT2D eigenvalue weighted by molar-refractivity contribution is -0.129. The monoisotopic (exact) mass is 246 g/mol. The maximum atomic E-state index is 12.3. The van der Waals surface area contributed by atoms with Crippen molar-refractivity contribution in [2.45, 2.75) is 33.2 Å². The van der Waals surface area contributed by atoms with E-state index in [1.807, 2.05) is 13.8 Å². The molecule has 2 rings (SSSR count). The van der Waals surface area contributed by atoms with E-state index in [9.17, 15) is 4.79 Å². The summed E-state index contributed by atoms with van der Waals surface area (Å²) in [5.41, 5.74) is 2.15. The van der Waals surface area contributed by atoms with Crippen LogP contribution in [0.2, 0.25) is 0 Å². The fourth-order valence-corrected chi connectivity index (χ4v) is 2.32. The molecule has 1 aromatic rings. The van der Waals surface area contributed by atoms with Crippen LogP contribution in [0.25, 0.3) is 0 Å². The molecule has 0 bridgehead atoms. The minimum Gasteiger partial charge on any atom is -0.349 e. The average molecular weight is 246 g/mol. The first-order valence-electron chi connectivity index (χ1n) is 6.59. The fourth-order valence-electron chi connectivity index (χ4n) is 2.32. The zero-order chi connectivity index (χ0) is 13.2. The van der Waals surface area contributed by atoms with Gasteiger partial charge in [-0.05, 0) is 39.3 Å². The van der Waals surface area contributed by atoms with Gasteiger partial charge in [-0.1, -0.05) is 29.8 Å². The molecule has 1 aliphatic heterocycles. The Balaban J connectivity index is 2.00. The minimum atomic E-state index is -0.251. The van der Waals surface area contributed by atoms with Crippen LogP contribution in [0, 0.1) is 12.3 Å². The van der Waals surface area contributed by atoms with Crippen molar-refractivity contribution in [1.82, 2.24) is 10.6 Å². The predicted molar refractivity (Wildman–Crippen MR) is 73.3 cm³/mol. The summed E-state index contributed by atoms with van der Waals surface area (Å²) < 4.78 is 0. The molecule has 3 nitrogen and oxygen atoms in total. The average Bonchev–Trinajstić information content (AvgIpc) is 2.78. The van der Waals surface area contributed by atoms with Gasteiger partial charge < -0.3 is 10.6 Å². The van der Waals surface area contributed by atoms with Crippen molar-refractivity contribution in [2.24, 2.45) is 5.41 Å². The van der Waals surface area contributed by atoms with Crippen LogP contribution in [0.1, 0.15) is 37.4 Å². The predicted octanol–water partition coefficient (Wildman–Crippen LogP) is 2.17. The summed E-state index contributed by atoms with van der Waals surface area (Å²) in [6.45, 7) is 7.85. The molecular formula is C15H22N2O. The Morgan fingerprint density at radius 1 is 1.39 bits per heavy atom. The second kappa shape index (κ2) is 5.11. The molecule has 1 amide bonds. The van der Waals surface area contributed by atoms with E-state index in [4.69, 9.17) is 0 Å². The molecule has 0 saturated carbocycles. The number of carbonyl (C=O) groups excluding carboxylic acids is 1. The maximum Gasteiger partial charge on any atom is 0.227 e. The molecule has 3 heteroatoms. The molecule has 18 heavy (non-hydrogen) atoms. The van der Waals surface area contributed by atoms with E-state index in [-0.39, 0.29) is 17.4 Å². The first-order valence-corrected chi connectivity index (χ1v) is 6.59. The lowest BCUT2D eigenvalue weighted by Gasteiger charge is -2.24. The van der Waals surface area contributed by atoms with Gasteiger partial charge in [-0.3, -0.25) is 4.79 Å². The molecule has 1 aromatic carbocycles. The number of benzene rings is 1. The zero-order valence-corrected chi connectivity index (χ0v) is 11.4. The fraction of sp³-hybridized carbons (Fsp3) is 0.533. The molecule has 2 atom stereocenters.